The van der Waals surface area contributed by atoms with Crippen LogP contribution in [-0.4, -0.2) is 11.7 Å². The third kappa shape index (κ3) is 3.97. The summed E-state index contributed by atoms with van der Waals surface area (Å²) in [5.74, 6) is -1.10. The molecule has 0 heterocycles. The molecule has 1 atom stereocenters. The van der Waals surface area contributed by atoms with Crippen LogP contribution in [-0.2, 0) is 0 Å². The van der Waals surface area contributed by atoms with E-state index in [1.54, 1.807) is 0 Å². The van der Waals surface area contributed by atoms with Crippen LogP contribution in [0.3, 0.4) is 0 Å². The van der Waals surface area contributed by atoms with Gasteiger partial charge < -0.3 is 9.84 Å². The Morgan fingerprint density at radius 2 is 1.88 bits per heavy atom. The maximum atomic E-state index is 13.5. The van der Waals surface area contributed by atoms with Gasteiger partial charge in [0.2, 0.25) is 0 Å². The standard InChI is InChI=1S/C13H18F2O2/c1-8(2)4-5-17-13-11(9(3)16)6-10(14)7-12(13)15/h6-9,16H,4-5H2,1-3H3. The molecule has 4 heteroatoms. The molecule has 0 aliphatic rings. The van der Waals surface area contributed by atoms with E-state index in [-0.39, 0.29) is 11.3 Å². The molecule has 1 aromatic carbocycles. The first-order valence-corrected chi connectivity index (χ1v) is 5.71. The summed E-state index contributed by atoms with van der Waals surface area (Å²) in [6.07, 6.45) is -0.190. The Labute approximate surface area is 100 Å². The Bertz CT molecular complexity index is 376. The van der Waals surface area contributed by atoms with Gasteiger partial charge in [0.25, 0.3) is 0 Å². The molecule has 0 aliphatic carbocycles. The first-order valence-electron chi connectivity index (χ1n) is 5.71. The van der Waals surface area contributed by atoms with Gasteiger partial charge in [0.1, 0.15) is 5.82 Å². The summed E-state index contributed by atoms with van der Waals surface area (Å²) in [4.78, 5) is 0. The van der Waals surface area contributed by atoms with E-state index in [1.807, 2.05) is 13.8 Å². The lowest BCUT2D eigenvalue weighted by atomic mass is 10.1. The van der Waals surface area contributed by atoms with Crippen LogP contribution in [0.1, 0.15) is 38.9 Å². The van der Waals surface area contributed by atoms with Gasteiger partial charge in [-0.3, -0.25) is 0 Å². The van der Waals surface area contributed by atoms with Gasteiger partial charge in [0.15, 0.2) is 11.6 Å². The van der Waals surface area contributed by atoms with Crippen molar-refractivity contribution in [2.24, 2.45) is 5.92 Å². The molecule has 0 aliphatic heterocycles. The summed E-state index contributed by atoms with van der Waals surface area (Å²) < 4.78 is 31.8. The topological polar surface area (TPSA) is 29.5 Å². The third-order valence-corrected chi connectivity index (χ3v) is 2.43. The molecule has 1 aromatic rings. The van der Waals surface area contributed by atoms with Crippen LogP contribution in [0.5, 0.6) is 5.75 Å². The highest BCUT2D eigenvalue weighted by molar-refractivity contribution is 5.37. The fourth-order valence-electron chi connectivity index (χ4n) is 1.44. The van der Waals surface area contributed by atoms with Crippen LogP contribution in [0, 0.1) is 17.6 Å². The molecule has 0 saturated carbocycles. The van der Waals surface area contributed by atoms with Crippen LogP contribution in [0.15, 0.2) is 12.1 Å². The highest BCUT2D eigenvalue weighted by Gasteiger charge is 2.16. The second kappa shape index (κ2) is 5.96. The molecule has 0 fully saturated rings. The molecule has 96 valence electrons. The van der Waals surface area contributed by atoms with Crippen LogP contribution >= 0.6 is 0 Å². The maximum absolute atomic E-state index is 13.5. The second-order valence-electron chi connectivity index (χ2n) is 4.51. The lowest BCUT2D eigenvalue weighted by Crippen LogP contribution is -2.07. The summed E-state index contributed by atoms with van der Waals surface area (Å²) in [5.41, 5.74) is 0.145. The van der Waals surface area contributed by atoms with Crippen LogP contribution < -0.4 is 4.74 Å². The van der Waals surface area contributed by atoms with Crippen molar-refractivity contribution >= 4 is 0 Å². The van der Waals surface area contributed by atoms with Crippen LogP contribution in [0.25, 0.3) is 0 Å². The number of hydrogen-bond donors (Lipinski definition) is 1. The summed E-state index contributed by atoms with van der Waals surface area (Å²) in [6, 6.07) is 1.86. The smallest absolute Gasteiger partial charge is 0.168 e. The van der Waals surface area contributed by atoms with Crippen molar-refractivity contribution in [3.8, 4) is 5.75 Å². The molecular formula is C13H18F2O2. The number of halogens is 2. The van der Waals surface area contributed by atoms with E-state index < -0.39 is 17.7 Å². The van der Waals surface area contributed by atoms with Gasteiger partial charge in [-0.25, -0.2) is 8.78 Å². The molecular weight excluding hydrogens is 226 g/mol. The van der Waals surface area contributed by atoms with Gasteiger partial charge in [-0.1, -0.05) is 13.8 Å². The molecule has 1 N–H and O–H groups in total. The minimum absolute atomic E-state index is 0.0537. The number of aliphatic hydroxyl groups excluding tert-OH is 1. The van der Waals surface area contributed by atoms with E-state index >= 15 is 0 Å². The second-order valence-corrected chi connectivity index (χ2v) is 4.51. The van der Waals surface area contributed by atoms with Crippen molar-refractivity contribution in [3.05, 3.63) is 29.3 Å². The third-order valence-electron chi connectivity index (χ3n) is 2.43. The lowest BCUT2D eigenvalue weighted by Gasteiger charge is -2.15. The Hall–Kier alpha value is -1.16. The Balaban J connectivity index is 2.88. The monoisotopic (exact) mass is 244 g/mol. The van der Waals surface area contributed by atoms with Gasteiger partial charge in [0.05, 0.1) is 12.7 Å². The quantitative estimate of drug-likeness (QED) is 0.859. The van der Waals surface area contributed by atoms with E-state index in [9.17, 15) is 13.9 Å². The molecule has 17 heavy (non-hydrogen) atoms. The number of rotatable bonds is 5. The largest absolute Gasteiger partial charge is 0.490 e. The van der Waals surface area contributed by atoms with E-state index in [0.29, 0.717) is 12.5 Å². The van der Waals surface area contributed by atoms with E-state index in [0.717, 1.165) is 18.6 Å². The summed E-state index contributed by atoms with van der Waals surface area (Å²) in [7, 11) is 0. The number of aliphatic hydroxyl groups is 1. The highest BCUT2D eigenvalue weighted by atomic mass is 19.1. The predicted octanol–water partition coefficient (Wildman–Crippen LogP) is 3.44. The van der Waals surface area contributed by atoms with Gasteiger partial charge in [0, 0.05) is 11.6 Å². The molecule has 0 spiro atoms. The number of ether oxygens (including phenoxy) is 1. The van der Waals surface area contributed by atoms with Gasteiger partial charge >= 0.3 is 0 Å². The Morgan fingerprint density at radius 3 is 2.41 bits per heavy atom. The average molecular weight is 244 g/mol. The maximum Gasteiger partial charge on any atom is 0.168 e. The first-order chi connectivity index (χ1) is 7.91. The van der Waals surface area contributed by atoms with Crippen molar-refractivity contribution in [3.63, 3.8) is 0 Å². The summed E-state index contributed by atoms with van der Waals surface area (Å²) in [5, 5.41) is 9.45. The van der Waals surface area contributed by atoms with Crippen molar-refractivity contribution in [1.29, 1.82) is 0 Å². The van der Waals surface area contributed by atoms with Gasteiger partial charge in [-0.15, -0.1) is 0 Å². The van der Waals surface area contributed by atoms with Gasteiger partial charge in [-0.05, 0) is 25.3 Å². The van der Waals surface area contributed by atoms with E-state index in [4.69, 9.17) is 4.74 Å². The zero-order valence-electron chi connectivity index (χ0n) is 10.3. The van der Waals surface area contributed by atoms with Crippen LogP contribution in [0.2, 0.25) is 0 Å². The minimum Gasteiger partial charge on any atom is -0.490 e. The summed E-state index contributed by atoms with van der Waals surface area (Å²) >= 11 is 0. The number of hydrogen-bond acceptors (Lipinski definition) is 2. The predicted molar refractivity (Wildman–Crippen MR) is 61.9 cm³/mol. The molecule has 1 rings (SSSR count). The molecule has 2 nitrogen and oxygen atoms in total. The van der Waals surface area contributed by atoms with Crippen LogP contribution in [0.4, 0.5) is 8.78 Å². The van der Waals surface area contributed by atoms with Crippen molar-refractivity contribution < 1.29 is 18.6 Å². The van der Waals surface area contributed by atoms with Crippen molar-refractivity contribution in [2.75, 3.05) is 6.61 Å². The molecule has 1 unspecified atom stereocenters. The lowest BCUT2D eigenvalue weighted by molar-refractivity contribution is 0.186. The normalized spacial score (nSPS) is 12.9. The summed E-state index contributed by atoms with van der Waals surface area (Å²) in [6.45, 7) is 5.85. The highest BCUT2D eigenvalue weighted by Crippen LogP contribution is 2.29. The molecule has 0 radical (unpaired) electrons. The van der Waals surface area contributed by atoms with Crippen molar-refractivity contribution in [1.82, 2.24) is 0 Å². The zero-order valence-corrected chi connectivity index (χ0v) is 10.3. The van der Waals surface area contributed by atoms with Crippen molar-refractivity contribution in [2.45, 2.75) is 33.3 Å². The fraction of sp³-hybridized carbons (Fsp3) is 0.538. The van der Waals surface area contributed by atoms with E-state index in [2.05, 4.69) is 0 Å². The molecule has 0 amide bonds. The van der Waals surface area contributed by atoms with E-state index in [1.165, 1.54) is 6.92 Å². The Morgan fingerprint density at radius 1 is 1.24 bits per heavy atom. The SMILES string of the molecule is CC(C)CCOc1c(F)cc(F)cc1C(C)O. The first kappa shape index (κ1) is 13.9. The molecule has 0 aromatic heterocycles. The zero-order chi connectivity index (χ0) is 13.0. The average Bonchev–Trinajstić information content (AvgIpc) is 2.19. The molecule has 0 bridgehead atoms. The number of benzene rings is 1. The molecule has 0 saturated heterocycles. The fourth-order valence-corrected chi connectivity index (χ4v) is 1.44. The Kier molecular flexibility index (Phi) is 4.87. The van der Waals surface area contributed by atoms with Gasteiger partial charge in [-0.2, -0.15) is 0 Å². The minimum atomic E-state index is -0.964.